The third-order valence-corrected chi connectivity index (χ3v) is 5.86. The minimum absolute atomic E-state index is 0.0826. The molecule has 0 aromatic heterocycles. The van der Waals surface area contributed by atoms with Gasteiger partial charge in [0.2, 0.25) is 10.0 Å². The molecule has 0 atom stereocenters. The number of rotatable bonds is 11. The molecule has 160 valence electrons. The molecule has 28 heavy (non-hydrogen) atoms. The molecule has 0 aliphatic rings. The molecule has 1 rings (SSSR count). The Balaban J connectivity index is 2.62. The molecule has 0 saturated carbocycles. The van der Waals surface area contributed by atoms with Gasteiger partial charge in [-0.1, -0.05) is 12.1 Å². The molecule has 0 bridgehead atoms. The quantitative estimate of drug-likeness (QED) is 0.338. The first-order chi connectivity index (χ1) is 13.2. The predicted octanol–water partition coefficient (Wildman–Crippen LogP) is 2.36. The topological polar surface area (TPSA) is 74.2 Å². The fraction of sp³-hybridized carbons (Fsp3) is 0.611. The first-order valence-electron chi connectivity index (χ1n) is 9.16. The molecule has 0 aliphatic carbocycles. The van der Waals surface area contributed by atoms with E-state index in [-0.39, 0.29) is 11.5 Å². The van der Waals surface area contributed by atoms with Gasteiger partial charge in [-0.05, 0) is 38.0 Å². The van der Waals surface area contributed by atoms with Crippen molar-refractivity contribution < 1.29 is 21.9 Å². The second-order valence-corrected chi connectivity index (χ2v) is 8.55. The van der Waals surface area contributed by atoms with Gasteiger partial charge in [0.15, 0.2) is 5.96 Å². The second kappa shape index (κ2) is 11.8. The monoisotopic (exact) mass is 420 g/mol. The van der Waals surface area contributed by atoms with Crippen LogP contribution in [0.4, 0.5) is 8.78 Å². The molecule has 0 radical (unpaired) electrons. The van der Waals surface area contributed by atoms with E-state index in [4.69, 9.17) is 0 Å². The maximum absolute atomic E-state index is 12.2. The number of sulfonamides is 1. The van der Waals surface area contributed by atoms with Gasteiger partial charge in [0.05, 0.1) is 5.75 Å². The highest BCUT2D eigenvalue weighted by Crippen LogP contribution is 2.15. The lowest BCUT2D eigenvalue weighted by Crippen LogP contribution is -2.38. The second-order valence-electron chi connectivity index (χ2n) is 6.19. The number of ether oxygens (including phenoxy) is 1. The number of aliphatic imine (C=N–C) groups is 1. The van der Waals surface area contributed by atoms with Crippen molar-refractivity contribution in [1.29, 1.82) is 0 Å². The number of hydrogen-bond donors (Lipinski definition) is 1. The summed E-state index contributed by atoms with van der Waals surface area (Å²) in [7, 11) is 0.269. The maximum Gasteiger partial charge on any atom is 0.387 e. The Morgan fingerprint density at radius 3 is 2.39 bits per heavy atom. The van der Waals surface area contributed by atoms with Gasteiger partial charge < -0.3 is 15.0 Å². The number of halogens is 2. The summed E-state index contributed by atoms with van der Waals surface area (Å²) in [6.45, 7) is 2.86. The normalized spacial score (nSPS) is 12.5. The Kier molecular flexibility index (Phi) is 10.2. The highest BCUT2D eigenvalue weighted by molar-refractivity contribution is 7.89. The van der Waals surface area contributed by atoms with Gasteiger partial charge in [0, 0.05) is 40.3 Å². The average Bonchev–Trinajstić information content (AvgIpc) is 2.65. The van der Waals surface area contributed by atoms with E-state index in [0.29, 0.717) is 38.6 Å². The van der Waals surface area contributed by atoms with Crippen molar-refractivity contribution in [3.05, 3.63) is 29.8 Å². The molecule has 0 spiro atoms. The van der Waals surface area contributed by atoms with Crippen LogP contribution in [-0.4, -0.2) is 69.7 Å². The molecule has 1 aromatic carbocycles. The van der Waals surface area contributed by atoms with Crippen molar-refractivity contribution in [1.82, 2.24) is 14.5 Å². The van der Waals surface area contributed by atoms with E-state index in [0.717, 1.165) is 5.56 Å². The lowest BCUT2D eigenvalue weighted by atomic mass is 10.2. The van der Waals surface area contributed by atoms with Gasteiger partial charge in [-0.2, -0.15) is 8.78 Å². The molecule has 7 nitrogen and oxygen atoms in total. The van der Waals surface area contributed by atoms with E-state index in [1.807, 2.05) is 18.9 Å². The minimum Gasteiger partial charge on any atom is -0.435 e. The van der Waals surface area contributed by atoms with Crippen LogP contribution in [0.3, 0.4) is 0 Å². The summed E-state index contributed by atoms with van der Waals surface area (Å²) in [5.74, 6) is 0.892. The first kappa shape index (κ1) is 24.1. The highest BCUT2D eigenvalue weighted by atomic mass is 32.2. The predicted molar refractivity (Wildman–Crippen MR) is 107 cm³/mol. The largest absolute Gasteiger partial charge is 0.435 e. The van der Waals surface area contributed by atoms with E-state index in [2.05, 4.69) is 15.0 Å². The van der Waals surface area contributed by atoms with Crippen LogP contribution in [0.25, 0.3) is 0 Å². The van der Waals surface area contributed by atoms with Gasteiger partial charge >= 0.3 is 6.61 Å². The standard InChI is InChI=1S/C18H30F2N4O3S/c1-5-21-18(22-12-7-13-24(4)28(25,26)6-2)23(3)14-15-8-10-16(11-9-15)27-17(19)20/h8-11,17H,5-7,12-14H2,1-4H3,(H,21,22). The third kappa shape index (κ3) is 8.39. The number of nitrogens with zero attached hydrogens (tertiary/aromatic N) is 3. The zero-order chi connectivity index (χ0) is 21.2. The first-order valence-corrected chi connectivity index (χ1v) is 10.8. The van der Waals surface area contributed by atoms with Gasteiger partial charge in [-0.3, -0.25) is 4.99 Å². The number of hydrogen-bond acceptors (Lipinski definition) is 4. The summed E-state index contributed by atoms with van der Waals surface area (Å²) in [5.41, 5.74) is 0.920. The van der Waals surface area contributed by atoms with Crippen LogP contribution < -0.4 is 10.1 Å². The van der Waals surface area contributed by atoms with Crippen molar-refractivity contribution in [2.45, 2.75) is 33.4 Å². The fourth-order valence-corrected chi connectivity index (χ4v) is 3.28. The van der Waals surface area contributed by atoms with Crippen LogP contribution >= 0.6 is 0 Å². The highest BCUT2D eigenvalue weighted by Gasteiger charge is 2.14. The summed E-state index contributed by atoms with van der Waals surface area (Å²) >= 11 is 0. The Labute approximate surface area is 166 Å². The number of alkyl halides is 2. The minimum atomic E-state index is -3.18. The molecule has 0 heterocycles. The summed E-state index contributed by atoms with van der Waals surface area (Å²) in [5, 5.41) is 3.19. The third-order valence-electron chi connectivity index (χ3n) is 4.00. The van der Waals surface area contributed by atoms with Crippen LogP contribution in [0.2, 0.25) is 0 Å². The molecule has 0 saturated heterocycles. The SMILES string of the molecule is CCNC(=NCCCN(C)S(=O)(=O)CC)N(C)Cc1ccc(OC(F)F)cc1. The summed E-state index contributed by atoms with van der Waals surface area (Å²) in [4.78, 5) is 6.45. The zero-order valence-corrected chi connectivity index (χ0v) is 17.7. The van der Waals surface area contributed by atoms with E-state index in [1.165, 1.54) is 16.4 Å². The maximum atomic E-state index is 12.2. The Morgan fingerprint density at radius 1 is 1.21 bits per heavy atom. The van der Waals surface area contributed by atoms with Gasteiger partial charge in [-0.15, -0.1) is 0 Å². The zero-order valence-electron chi connectivity index (χ0n) is 16.9. The molecule has 1 N–H and O–H groups in total. The summed E-state index contributed by atoms with van der Waals surface area (Å²) in [6, 6.07) is 6.46. The van der Waals surface area contributed by atoms with Gasteiger partial charge in [0.25, 0.3) is 0 Å². The molecule has 0 amide bonds. The fourth-order valence-electron chi connectivity index (χ4n) is 2.43. The van der Waals surface area contributed by atoms with Crippen molar-refractivity contribution in [3.63, 3.8) is 0 Å². The lowest BCUT2D eigenvalue weighted by molar-refractivity contribution is -0.0498. The molecule has 10 heteroatoms. The molecule has 0 aliphatic heterocycles. The smallest absolute Gasteiger partial charge is 0.387 e. The average molecular weight is 421 g/mol. The Morgan fingerprint density at radius 2 is 1.86 bits per heavy atom. The van der Waals surface area contributed by atoms with E-state index < -0.39 is 16.6 Å². The van der Waals surface area contributed by atoms with Crippen LogP contribution in [0.15, 0.2) is 29.3 Å². The van der Waals surface area contributed by atoms with E-state index in [9.17, 15) is 17.2 Å². The lowest BCUT2D eigenvalue weighted by Gasteiger charge is -2.22. The molecular formula is C18H30F2N4O3S. The Hall–Kier alpha value is -1.94. The number of benzene rings is 1. The molecule has 0 fully saturated rings. The number of guanidine groups is 1. The van der Waals surface area contributed by atoms with Crippen LogP contribution in [-0.2, 0) is 16.6 Å². The Bertz CT molecular complexity index is 712. The van der Waals surface area contributed by atoms with Crippen LogP contribution in [0.5, 0.6) is 5.75 Å². The van der Waals surface area contributed by atoms with Gasteiger partial charge in [-0.25, -0.2) is 12.7 Å². The van der Waals surface area contributed by atoms with E-state index in [1.54, 1.807) is 26.1 Å². The molecule has 0 unspecified atom stereocenters. The summed E-state index contributed by atoms with van der Waals surface area (Å²) < 4.78 is 53.6. The molecular weight excluding hydrogens is 390 g/mol. The van der Waals surface area contributed by atoms with Crippen molar-refractivity contribution >= 4 is 16.0 Å². The summed E-state index contributed by atoms with van der Waals surface area (Å²) in [6.07, 6.45) is 0.609. The number of nitrogens with one attached hydrogen (secondary N) is 1. The van der Waals surface area contributed by atoms with Crippen LogP contribution in [0.1, 0.15) is 25.8 Å². The van der Waals surface area contributed by atoms with Crippen molar-refractivity contribution in [3.8, 4) is 5.75 Å². The van der Waals surface area contributed by atoms with Gasteiger partial charge in [0.1, 0.15) is 5.75 Å². The van der Waals surface area contributed by atoms with E-state index >= 15 is 0 Å². The molecule has 1 aromatic rings. The van der Waals surface area contributed by atoms with Crippen molar-refractivity contribution in [2.75, 3.05) is 39.5 Å². The van der Waals surface area contributed by atoms with Crippen molar-refractivity contribution in [2.24, 2.45) is 4.99 Å². The van der Waals surface area contributed by atoms with Crippen LogP contribution in [0, 0.1) is 0 Å².